The van der Waals surface area contributed by atoms with Crippen LogP contribution in [0.5, 0.6) is 5.75 Å². The van der Waals surface area contributed by atoms with Gasteiger partial charge in [-0.25, -0.2) is 4.68 Å². The average Bonchev–Trinajstić information content (AvgIpc) is 3.16. The van der Waals surface area contributed by atoms with Crippen molar-refractivity contribution in [2.45, 2.75) is 38.1 Å². The summed E-state index contributed by atoms with van der Waals surface area (Å²) in [4.78, 5) is 12.5. The monoisotopic (exact) mass is 366 g/mol. The van der Waals surface area contributed by atoms with Crippen LogP contribution in [0.4, 0.5) is 5.69 Å². The van der Waals surface area contributed by atoms with Gasteiger partial charge in [0.15, 0.2) is 0 Å². The summed E-state index contributed by atoms with van der Waals surface area (Å²) in [5, 5.41) is 13.9. The molecule has 1 aromatic heterocycles. The number of nitrogens with one attached hydrogen (secondary N) is 1. The Labute approximate surface area is 152 Å². The number of hydrogen-bond acceptors (Lipinski definition) is 6. The molecule has 0 bridgehead atoms. The van der Waals surface area contributed by atoms with Crippen molar-refractivity contribution in [3.05, 3.63) is 24.5 Å². The van der Waals surface area contributed by atoms with Gasteiger partial charge >= 0.3 is 0 Å². The summed E-state index contributed by atoms with van der Waals surface area (Å²) in [7, 11) is 1.55. The first-order valence-corrected chi connectivity index (χ1v) is 8.17. The van der Waals surface area contributed by atoms with E-state index < -0.39 is 6.04 Å². The number of rotatable bonds is 5. The standard InChI is InChI=1S/C16H22N6O2.ClH/c1-24-14-9-12(22-10-18-20-21-22)7-8-13(14)19-16(23)15(17)11-5-3-2-4-6-11;/h7-11,15H,2-6,17H2,1H3,(H,19,23);1H/t15-;/m0./s1. The molecule has 1 saturated carbocycles. The van der Waals surface area contributed by atoms with Crippen molar-refractivity contribution in [3.63, 3.8) is 0 Å². The number of hydrogen-bond donors (Lipinski definition) is 2. The predicted molar refractivity (Wildman–Crippen MR) is 96.1 cm³/mol. The van der Waals surface area contributed by atoms with Gasteiger partial charge in [-0.05, 0) is 41.3 Å². The number of anilines is 1. The second-order valence-electron chi connectivity index (χ2n) is 6.05. The highest BCUT2D eigenvalue weighted by Gasteiger charge is 2.26. The Balaban J connectivity index is 0.00000225. The zero-order chi connectivity index (χ0) is 16.9. The summed E-state index contributed by atoms with van der Waals surface area (Å²) in [6, 6.07) is 4.84. The minimum atomic E-state index is -0.491. The zero-order valence-corrected chi connectivity index (χ0v) is 14.9. The molecule has 1 aliphatic rings. The van der Waals surface area contributed by atoms with Crippen LogP contribution in [0.1, 0.15) is 32.1 Å². The van der Waals surface area contributed by atoms with E-state index >= 15 is 0 Å². The number of ether oxygens (including phenoxy) is 1. The Morgan fingerprint density at radius 3 is 2.76 bits per heavy atom. The lowest BCUT2D eigenvalue weighted by molar-refractivity contribution is -0.118. The molecule has 0 unspecified atom stereocenters. The quantitative estimate of drug-likeness (QED) is 0.837. The van der Waals surface area contributed by atoms with E-state index in [0.29, 0.717) is 11.4 Å². The number of carbonyl (C=O) groups is 1. The van der Waals surface area contributed by atoms with Crippen LogP contribution in [0.25, 0.3) is 5.69 Å². The van der Waals surface area contributed by atoms with E-state index in [9.17, 15) is 4.79 Å². The van der Waals surface area contributed by atoms with Gasteiger partial charge in [-0.1, -0.05) is 19.3 Å². The molecule has 2 aromatic rings. The SMILES string of the molecule is COc1cc(-n2cnnn2)ccc1NC(=O)[C@@H](N)C1CCCCC1.Cl. The molecule has 1 amide bonds. The number of nitrogens with two attached hydrogens (primary N) is 1. The highest BCUT2D eigenvalue weighted by Crippen LogP contribution is 2.29. The number of halogens is 1. The summed E-state index contributed by atoms with van der Waals surface area (Å²) >= 11 is 0. The fourth-order valence-corrected chi connectivity index (χ4v) is 3.13. The Bertz CT molecular complexity index is 688. The number of amides is 1. The maximum Gasteiger partial charge on any atom is 0.241 e. The zero-order valence-electron chi connectivity index (χ0n) is 14.1. The van der Waals surface area contributed by atoms with Crippen molar-refractivity contribution in [2.24, 2.45) is 11.7 Å². The van der Waals surface area contributed by atoms with E-state index in [1.165, 1.54) is 17.4 Å². The molecule has 3 rings (SSSR count). The Kier molecular flexibility index (Phi) is 6.72. The summed E-state index contributed by atoms with van der Waals surface area (Å²) in [5.41, 5.74) is 7.49. The summed E-state index contributed by atoms with van der Waals surface area (Å²) < 4.78 is 6.89. The largest absolute Gasteiger partial charge is 0.494 e. The molecule has 25 heavy (non-hydrogen) atoms. The van der Waals surface area contributed by atoms with Crippen LogP contribution in [0.15, 0.2) is 24.5 Å². The number of benzene rings is 1. The molecule has 0 aliphatic heterocycles. The second kappa shape index (κ2) is 8.77. The van der Waals surface area contributed by atoms with Crippen molar-refractivity contribution in [1.29, 1.82) is 0 Å². The topological polar surface area (TPSA) is 108 Å². The van der Waals surface area contributed by atoms with E-state index in [0.717, 1.165) is 31.4 Å². The molecule has 1 heterocycles. The number of aromatic nitrogens is 4. The van der Waals surface area contributed by atoms with Gasteiger partial charge in [0.05, 0.1) is 24.5 Å². The van der Waals surface area contributed by atoms with Crippen molar-refractivity contribution in [3.8, 4) is 11.4 Å². The average molecular weight is 367 g/mol. The van der Waals surface area contributed by atoms with Gasteiger partial charge in [-0.15, -0.1) is 17.5 Å². The number of tetrazole rings is 1. The van der Waals surface area contributed by atoms with Gasteiger partial charge in [0.25, 0.3) is 0 Å². The molecule has 8 nitrogen and oxygen atoms in total. The minimum absolute atomic E-state index is 0. The predicted octanol–water partition coefficient (Wildman–Crippen LogP) is 1.94. The Hall–Kier alpha value is -2.19. The van der Waals surface area contributed by atoms with Gasteiger partial charge in [-0.3, -0.25) is 4.79 Å². The van der Waals surface area contributed by atoms with Crippen molar-refractivity contribution >= 4 is 24.0 Å². The fraction of sp³-hybridized carbons (Fsp3) is 0.500. The smallest absolute Gasteiger partial charge is 0.241 e. The van der Waals surface area contributed by atoms with E-state index in [1.807, 2.05) is 0 Å². The molecular weight excluding hydrogens is 344 g/mol. The molecule has 136 valence electrons. The third kappa shape index (κ3) is 4.46. The van der Waals surface area contributed by atoms with Gasteiger partial charge in [0, 0.05) is 6.07 Å². The van der Waals surface area contributed by atoms with E-state index in [4.69, 9.17) is 10.5 Å². The second-order valence-corrected chi connectivity index (χ2v) is 6.05. The van der Waals surface area contributed by atoms with Gasteiger partial charge in [-0.2, -0.15) is 0 Å². The van der Waals surface area contributed by atoms with Crippen LogP contribution in [-0.4, -0.2) is 39.3 Å². The van der Waals surface area contributed by atoms with E-state index in [-0.39, 0.29) is 24.2 Å². The molecule has 0 radical (unpaired) electrons. The van der Waals surface area contributed by atoms with Gasteiger partial charge < -0.3 is 15.8 Å². The maximum atomic E-state index is 12.5. The third-order valence-corrected chi connectivity index (χ3v) is 4.52. The molecule has 1 aromatic carbocycles. The summed E-state index contributed by atoms with van der Waals surface area (Å²) in [6.07, 6.45) is 7.06. The highest BCUT2D eigenvalue weighted by molar-refractivity contribution is 5.96. The molecule has 3 N–H and O–H groups in total. The summed E-state index contributed by atoms with van der Waals surface area (Å²) in [6.45, 7) is 0. The molecular formula is C16H23ClN6O2. The Morgan fingerprint density at radius 1 is 1.36 bits per heavy atom. The van der Waals surface area contributed by atoms with Crippen LogP contribution in [0, 0.1) is 5.92 Å². The first-order valence-electron chi connectivity index (χ1n) is 8.17. The third-order valence-electron chi connectivity index (χ3n) is 4.52. The van der Waals surface area contributed by atoms with Crippen molar-refractivity contribution in [2.75, 3.05) is 12.4 Å². The van der Waals surface area contributed by atoms with Crippen LogP contribution >= 0.6 is 12.4 Å². The van der Waals surface area contributed by atoms with Crippen LogP contribution < -0.4 is 15.8 Å². The number of methoxy groups -OCH3 is 1. The van der Waals surface area contributed by atoms with Crippen LogP contribution in [0.2, 0.25) is 0 Å². The molecule has 9 heteroatoms. The van der Waals surface area contributed by atoms with Crippen molar-refractivity contribution in [1.82, 2.24) is 20.2 Å². The first-order chi connectivity index (χ1) is 11.7. The lowest BCUT2D eigenvalue weighted by Gasteiger charge is -2.26. The lowest BCUT2D eigenvalue weighted by atomic mass is 9.84. The normalized spacial score (nSPS) is 15.9. The van der Waals surface area contributed by atoms with Gasteiger partial charge in [0.2, 0.25) is 5.91 Å². The fourth-order valence-electron chi connectivity index (χ4n) is 3.13. The highest BCUT2D eigenvalue weighted by atomic mass is 35.5. The van der Waals surface area contributed by atoms with E-state index in [1.54, 1.807) is 25.3 Å². The van der Waals surface area contributed by atoms with Crippen LogP contribution in [-0.2, 0) is 4.79 Å². The molecule has 0 saturated heterocycles. The van der Waals surface area contributed by atoms with Crippen molar-refractivity contribution < 1.29 is 9.53 Å². The molecule has 1 fully saturated rings. The van der Waals surface area contributed by atoms with E-state index in [2.05, 4.69) is 20.8 Å². The van der Waals surface area contributed by atoms with Gasteiger partial charge in [0.1, 0.15) is 12.1 Å². The minimum Gasteiger partial charge on any atom is -0.494 e. The number of nitrogens with zero attached hydrogens (tertiary/aromatic N) is 4. The summed E-state index contributed by atoms with van der Waals surface area (Å²) in [5.74, 6) is 0.618. The van der Waals surface area contributed by atoms with Crippen LogP contribution in [0.3, 0.4) is 0 Å². The first kappa shape index (κ1) is 19.1. The molecule has 1 atom stereocenters. The Morgan fingerprint density at radius 2 is 2.12 bits per heavy atom. The maximum absolute atomic E-state index is 12.5. The molecule has 0 spiro atoms. The number of carbonyl (C=O) groups excluding carboxylic acids is 1. The lowest BCUT2D eigenvalue weighted by Crippen LogP contribution is -2.42. The molecule has 1 aliphatic carbocycles.